The highest BCUT2D eigenvalue weighted by Gasteiger charge is 2.20. The number of carbonyl (C=O) groups excluding carboxylic acids is 1. The van der Waals surface area contributed by atoms with Crippen LogP contribution < -0.4 is 10.1 Å². The maximum Gasteiger partial charge on any atom is 0.341 e. The van der Waals surface area contributed by atoms with Gasteiger partial charge in [0.2, 0.25) is 0 Å². The Bertz CT molecular complexity index is 1040. The van der Waals surface area contributed by atoms with E-state index >= 15 is 0 Å². The molecule has 0 fully saturated rings. The summed E-state index contributed by atoms with van der Waals surface area (Å²) in [5.41, 5.74) is 4.06. The number of aryl methyl sites for hydroxylation is 1. The molecule has 0 saturated heterocycles. The summed E-state index contributed by atoms with van der Waals surface area (Å²) in [6, 6.07) is 3.99. The van der Waals surface area contributed by atoms with E-state index in [0.717, 1.165) is 34.4 Å². The minimum atomic E-state index is -1.25. The van der Waals surface area contributed by atoms with Crippen LogP contribution in [0, 0.1) is 0 Å². The van der Waals surface area contributed by atoms with Crippen molar-refractivity contribution in [3.63, 3.8) is 0 Å². The molecule has 0 bridgehead atoms. The Morgan fingerprint density at radius 2 is 2.10 bits per heavy atom. The van der Waals surface area contributed by atoms with Gasteiger partial charge in [0.15, 0.2) is 5.78 Å². The number of carboxylic acids is 1. The van der Waals surface area contributed by atoms with Crippen molar-refractivity contribution in [1.29, 1.82) is 0 Å². The van der Waals surface area contributed by atoms with Crippen LogP contribution in [0.2, 0.25) is 0 Å². The van der Waals surface area contributed by atoms with Gasteiger partial charge in [0, 0.05) is 57.3 Å². The number of aliphatic carboxylic acids is 1. The Kier molecular flexibility index (Phi) is 7.25. The molecule has 0 radical (unpaired) electrons. The van der Waals surface area contributed by atoms with Crippen LogP contribution in [0.3, 0.4) is 0 Å². The molecule has 8 nitrogen and oxygen atoms in total. The number of benzene rings is 1. The number of carbonyl (C=O) groups is 2. The van der Waals surface area contributed by atoms with Gasteiger partial charge in [-0.05, 0) is 48.3 Å². The van der Waals surface area contributed by atoms with Crippen molar-refractivity contribution in [3.8, 4) is 16.9 Å². The molecule has 164 valence electrons. The lowest BCUT2D eigenvalue weighted by Crippen LogP contribution is -2.19. The van der Waals surface area contributed by atoms with Gasteiger partial charge in [-0.25, -0.2) is 4.79 Å². The van der Waals surface area contributed by atoms with E-state index in [2.05, 4.69) is 10.4 Å². The molecule has 0 spiro atoms. The zero-order chi connectivity index (χ0) is 22.4. The lowest BCUT2D eigenvalue weighted by molar-refractivity contribution is -0.134. The second-order valence-corrected chi connectivity index (χ2v) is 7.36. The van der Waals surface area contributed by atoms with Crippen molar-refractivity contribution in [3.05, 3.63) is 53.5 Å². The first-order valence-electron chi connectivity index (χ1n) is 10.1. The van der Waals surface area contributed by atoms with E-state index in [1.165, 1.54) is 12.3 Å². The molecule has 2 heterocycles. The lowest BCUT2D eigenvalue weighted by atomic mass is 9.92. The number of ether oxygens (including phenoxy) is 2. The topological polar surface area (TPSA) is 103 Å². The van der Waals surface area contributed by atoms with Gasteiger partial charge < -0.3 is 19.9 Å². The van der Waals surface area contributed by atoms with Gasteiger partial charge in [0.05, 0.1) is 12.8 Å². The summed E-state index contributed by atoms with van der Waals surface area (Å²) in [5, 5.41) is 16.5. The predicted molar refractivity (Wildman–Crippen MR) is 117 cm³/mol. The Labute approximate surface area is 181 Å². The smallest absolute Gasteiger partial charge is 0.341 e. The molecule has 2 aromatic rings. The highest BCUT2D eigenvalue weighted by atomic mass is 16.5. The number of carboxylic acid groups (broad SMARTS) is 1. The molecule has 0 atom stereocenters. The highest BCUT2D eigenvalue weighted by molar-refractivity contribution is 6.22. The maximum absolute atomic E-state index is 12.5. The standard InChI is InChI=1S/C23H27N3O5/c1-15-9-21(27)20(23(28)29)13-24-6-5-16-10-22(31-8-4-7-30-3)19(11-18(15)16)17-12-25-26(2)14-17/h9-14,24H,4-8H2,1-3H3,(H,28,29)/b15-9+,20-13+. The highest BCUT2D eigenvalue weighted by Crippen LogP contribution is 2.36. The molecule has 2 N–H and O–H groups in total. The number of aromatic nitrogens is 2. The number of ketones is 1. The van der Waals surface area contributed by atoms with Gasteiger partial charge in [-0.1, -0.05) is 0 Å². The number of hydrogen-bond donors (Lipinski definition) is 2. The fourth-order valence-electron chi connectivity index (χ4n) is 3.46. The van der Waals surface area contributed by atoms with Crippen LogP contribution in [0.25, 0.3) is 16.7 Å². The average Bonchev–Trinajstić information content (AvgIpc) is 3.16. The number of allylic oxidation sites excluding steroid dienone is 2. The van der Waals surface area contributed by atoms with Gasteiger partial charge in [-0.2, -0.15) is 5.10 Å². The molecular formula is C23H27N3O5. The quantitative estimate of drug-likeness (QED) is 0.519. The summed E-state index contributed by atoms with van der Waals surface area (Å²) >= 11 is 0. The zero-order valence-corrected chi connectivity index (χ0v) is 18.0. The Balaban J connectivity index is 2.07. The SMILES string of the molecule is COCCCOc1cc2c(cc1-c1cnn(C)c1)/C(C)=C/C(=O)/C(C(=O)O)=C\NCC2. The molecule has 1 aromatic carbocycles. The third kappa shape index (κ3) is 5.40. The lowest BCUT2D eigenvalue weighted by Gasteiger charge is -2.18. The largest absolute Gasteiger partial charge is 0.493 e. The third-order valence-electron chi connectivity index (χ3n) is 5.03. The van der Waals surface area contributed by atoms with Crippen molar-refractivity contribution in [1.82, 2.24) is 15.1 Å². The monoisotopic (exact) mass is 425 g/mol. The molecule has 1 aliphatic heterocycles. The minimum absolute atomic E-state index is 0.284. The predicted octanol–water partition coefficient (Wildman–Crippen LogP) is 2.59. The molecule has 0 unspecified atom stereocenters. The molecule has 31 heavy (non-hydrogen) atoms. The van der Waals surface area contributed by atoms with Crippen LogP contribution >= 0.6 is 0 Å². The van der Waals surface area contributed by atoms with E-state index in [4.69, 9.17) is 9.47 Å². The number of rotatable bonds is 7. The van der Waals surface area contributed by atoms with Crippen LogP contribution in [0.15, 0.2) is 42.4 Å². The molecular weight excluding hydrogens is 398 g/mol. The van der Waals surface area contributed by atoms with Gasteiger partial charge in [-0.3, -0.25) is 9.48 Å². The zero-order valence-electron chi connectivity index (χ0n) is 18.0. The first-order chi connectivity index (χ1) is 14.9. The van der Waals surface area contributed by atoms with Crippen LogP contribution in [0.4, 0.5) is 0 Å². The summed E-state index contributed by atoms with van der Waals surface area (Å²) in [6.45, 7) is 3.42. The maximum atomic E-state index is 12.5. The third-order valence-corrected chi connectivity index (χ3v) is 5.03. The molecule has 1 aliphatic rings. The molecule has 0 saturated carbocycles. The van der Waals surface area contributed by atoms with Crippen molar-refractivity contribution < 1.29 is 24.2 Å². The number of nitrogens with zero attached hydrogens (tertiary/aromatic N) is 2. The number of nitrogens with one attached hydrogen (secondary N) is 1. The molecule has 0 amide bonds. The van der Waals surface area contributed by atoms with Gasteiger partial charge >= 0.3 is 5.97 Å². The van der Waals surface area contributed by atoms with Gasteiger partial charge in [0.1, 0.15) is 11.3 Å². The van der Waals surface area contributed by atoms with E-state index in [0.29, 0.717) is 31.8 Å². The Morgan fingerprint density at radius 1 is 1.29 bits per heavy atom. The first kappa shape index (κ1) is 22.3. The van der Waals surface area contributed by atoms with Gasteiger partial charge in [0.25, 0.3) is 0 Å². The van der Waals surface area contributed by atoms with Crippen molar-refractivity contribution in [2.24, 2.45) is 7.05 Å². The van der Waals surface area contributed by atoms with Crippen LogP contribution in [0.5, 0.6) is 5.75 Å². The van der Waals surface area contributed by atoms with Crippen LogP contribution in [-0.4, -0.2) is 53.5 Å². The number of methoxy groups -OCH3 is 1. The number of hydrogen-bond acceptors (Lipinski definition) is 6. The Hall–Kier alpha value is -3.39. The minimum Gasteiger partial charge on any atom is -0.493 e. The van der Waals surface area contributed by atoms with Gasteiger partial charge in [-0.15, -0.1) is 0 Å². The van der Waals surface area contributed by atoms with Crippen molar-refractivity contribution >= 4 is 17.3 Å². The van der Waals surface area contributed by atoms with Crippen molar-refractivity contribution in [2.75, 3.05) is 26.9 Å². The second kappa shape index (κ2) is 10.1. The van der Waals surface area contributed by atoms with Crippen LogP contribution in [-0.2, 0) is 27.8 Å². The average molecular weight is 425 g/mol. The fraction of sp³-hybridized carbons (Fsp3) is 0.348. The molecule has 8 heteroatoms. The van der Waals surface area contributed by atoms with Crippen LogP contribution in [0.1, 0.15) is 24.5 Å². The normalized spacial score (nSPS) is 17.6. The van der Waals surface area contributed by atoms with E-state index in [9.17, 15) is 14.7 Å². The number of fused-ring (bicyclic) bond motifs is 1. The molecule has 0 aliphatic carbocycles. The van der Waals surface area contributed by atoms with E-state index in [1.807, 2.05) is 32.3 Å². The summed E-state index contributed by atoms with van der Waals surface area (Å²) < 4.78 is 12.9. The first-order valence-corrected chi connectivity index (χ1v) is 10.1. The Morgan fingerprint density at radius 3 is 2.77 bits per heavy atom. The summed E-state index contributed by atoms with van der Waals surface area (Å²) in [5.74, 6) is -1.06. The van der Waals surface area contributed by atoms with E-state index in [1.54, 1.807) is 18.0 Å². The summed E-state index contributed by atoms with van der Waals surface area (Å²) in [7, 11) is 3.50. The summed E-state index contributed by atoms with van der Waals surface area (Å²) in [6.07, 6.45) is 7.71. The molecule has 1 aromatic heterocycles. The summed E-state index contributed by atoms with van der Waals surface area (Å²) in [4.78, 5) is 23.9. The van der Waals surface area contributed by atoms with E-state index in [-0.39, 0.29) is 5.57 Å². The second-order valence-electron chi connectivity index (χ2n) is 7.36. The molecule has 3 rings (SSSR count). The fourth-order valence-corrected chi connectivity index (χ4v) is 3.46. The van der Waals surface area contributed by atoms with Crippen molar-refractivity contribution in [2.45, 2.75) is 19.8 Å². The van der Waals surface area contributed by atoms with E-state index < -0.39 is 11.8 Å².